The second-order valence-corrected chi connectivity index (χ2v) is 12.0. The molecule has 0 spiro atoms. The minimum Gasteiger partial charge on any atom is -0.454 e. The average molecular weight is 603 g/mol. The van der Waals surface area contributed by atoms with Crippen molar-refractivity contribution in [2.24, 2.45) is 0 Å². The third kappa shape index (κ3) is 3.98. The van der Waals surface area contributed by atoms with Crippen molar-refractivity contribution in [1.29, 1.82) is 0 Å². The van der Waals surface area contributed by atoms with Crippen LogP contribution >= 0.6 is 0 Å². The van der Waals surface area contributed by atoms with E-state index in [1.807, 2.05) is 18.2 Å². The van der Waals surface area contributed by atoms with Gasteiger partial charge in [0, 0.05) is 33.1 Å². The molecule has 0 saturated carbocycles. The number of hydrogen-bond acceptors (Lipinski definition) is 4. The van der Waals surface area contributed by atoms with Crippen LogP contribution in [0.25, 0.3) is 76.8 Å². The summed E-state index contributed by atoms with van der Waals surface area (Å²) in [6, 6.07) is 54.9. The van der Waals surface area contributed by atoms with Gasteiger partial charge in [0.25, 0.3) is 0 Å². The summed E-state index contributed by atoms with van der Waals surface area (Å²) in [5.74, 6) is 0.625. The molecule has 4 nitrogen and oxygen atoms in total. The minimum absolute atomic E-state index is 0.625. The Hall–Kier alpha value is -6.39. The van der Waals surface area contributed by atoms with Gasteiger partial charge in [0.2, 0.25) is 5.89 Å². The predicted molar refractivity (Wildman–Crippen MR) is 194 cm³/mol. The summed E-state index contributed by atoms with van der Waals surface area (Å²) in [6.45, 7) is 0. The SMILES string of the molecule is c1ccc(N(c2ccc3ccc4ccc5nc(-c6cccc7ccccc67)oc5c4c3c2)c2cccc3c2oc2ccccc23)cc1. The van der Waals surface area contributed by atoms with E-state index >= 15 is 0 Å². The highest BCUT2D eigenvalue weighted by Gasteiger charge is 2.21. The maximum absolute atomic E-state index is 6.70. The number of oxazole rings is 1. The molecule has 0 atom stereocenters. The molecule has 0 fully saturated rings. The Labute approximate surface area is 269 Å². The predicted octanol–water partition coefficient (Wildman–Crippen LogP) is 12.3. The molecular formula is C43H26N2O2. The van der Waals surface area contributed by atoms with Crippen LogP contribution in [0, 0.1) is 0 Å². The fourth-order valence-electron chi connectivity index (χ4n) is 7.09. The van der Waals surface area contributed by atoms with Crippen molar-refractivity contribution in [3.63, 3.8) is 0 Å². The minimum atomic E-state index is 0.625. The number of hydrogen-bond donors (Lipinski definition) is 0. The van der Waals surface area contributed by atoms with E-state index in [1.165, 1.54) is 0 Å². The quantitative estimate of drug-likeness (QED) is 0.188. The van der Waals surface area contributed by atoms with E-state index < -0.39 is 0 Å². The molecule has 2 aromatic heterocycles. The molecule has 10 aromatic rings. The fourth-order valence-corrected chi connectivity index (χ4v) is 7.09. The lowest BCUT2D eigenvalue weighted by molar-refractivity contribution is 0.624. The number of fused-ring (bicyclic) bond motifs is 9. The third-order valence-electron chi connectivity index (χ3n) is 9.26. The third-order valence-corrected chi connectivity index (χ3v) is 9.26. The summed E-state index contributed by atoms with van der Waals surface area (Å²) in [6.07, 6.45) is 0. The van der Waals surface area contributed by atoms with Gasteiger partial charge in [-0.1, -0.05) is 109 Å². The normalized spacial score (nSPS) is 11.8. The second kappa shape index (κ2) is 10.1. The van der Waals surface area contributed by atoms with Gasteiger partial charge in [0.15, 0.2) is 11.2 Å². The number of aromatic nitrogens is 1. The molecule has 0 aliphatic rings. The van der Waals surface area contributed by atoms with Crippen molar-refractivity contribution in [2.75, 3.05) is 4.90 Å². The van der Waals surface area contributed by atoms with Gasteiger partial charge in [-0.15, -0.1) is 0 Å². The molecule has 0 radical (unpaired) electrons. The van der Waals surface area contributed by atoms with Gasteiger partial charge in [-0.05, 0) is 75.5 Å². The second-order valence-electron chi connectivity index (χ2n) is 12.0. The molecule has 0 saturated heterocycles. The molecule has 8 aromatic carbocycles. The topological polar surface area (TPSA) is 42.4 Å². The van der Waals surface area contributed by atoms with Crippen molar-refractivity contribution in [3.05, 3.63) is 158 Å². The maximum Gasteiger partial charge on any atom is 0.227 e. The average Bonchev–Trinajstić information content (AvgIpc) is 3.74. The molecule has 10 rings (SSSR count). The summed E-state index contributed by atoms with van der Waals surface area (Å²) < 4.78 is 13.2. The van der Waals surface area contributed by atoms with Crippen molar-refractivity contribution < 1.29 is 8.83 Å². The lowest BCUT2D eigenvalue weighted by Gasteiger charge is -2.26. The summed E-state index contributed by atoms with van der Waals surface area (Å²) >= 11 is 0. The Kier molecular flexibility index (Phi) is 5.54. The van der Waals surface area contributed by atoms with E-state index in [4.69, 9.17) is 13.8 Å². The highest BCUT2D eigenvalue weighted by Crippen LogP contribution is 2.44. The Morgan fingerprint density at radius 3 is 2.09 bits per heavy atom. The highest BCUT2D eigenvalue weighted by atomic mass is 16.3. The van der Waals surface area contributed by atoms with Gasteiger partial charge in [-0.2, -0.15) is 0 Å². The van der Waals surface area contributed by atoms with Gasteiger partial charge in [-0.3, -0.25) is 0 Å². The standard InChI is InChI=1S/C43H26N2O2/c1-2-12-30(13-3-1)45(38-18-9-16-34-33-15-6-7-19-39(33)46-41(34)38)31-24-22-28-20-21-29-23-25-37-42(40(29)36(28)26-31)47-43(44-37)35-17-8-11-27-10-4-5-14-32(27)35/h1-26H. The molecule has 0 aliphatic carbocycles. The number of furan rings is 1. The number of rotatable bonds is 4. The van der Waals surface area contributed by atoms with E-state index in [2.05, 4.69) is 144 Å². The lowest BCUT2D eigenvalue weighted by Crippen LogP contribution is -2.10. The van der Waals surface area contributed by atoms with Gasteiger partial charge in [-0.25, -0.2) is 4.98 Å². The smallest absolute Gasteiger partial charge is 0.227 e. The molecular weight excluding hydrogens is 576 g/mol. The molecule has 47 heavy (non-hydrogen) atoms. The molecule has 2 heterocycles. The number of benzene rings is 8. The van der Waals surface area contributed by atoms with E-state index in [0.717, 1.165) is 88.0 Å². The van der Waals surface area contributed by atoms with Gasteiger partial charge < -0.3 is 13.7 Å². The molecule has 0 unspecified atom stereocenters. The van der Waals surface area contributed by atoms with Crippen molar-refractivity contribution in [1.82, 2.24) is 4.98 Å². The van der Waals surface area contributed by atoms with Crippen LogP contribution in [0.2, 0.25) is 0 Å². The van der Waals surface area contributed by atoms with Crippen LogP contribution in [-0.4, -0.2) is 4.98 Å². The molecule has 4 heteroatoms. The van der Waals surface area contributed by atoms with E-state index in [-0.39, 0.29) is 0 Å². The fraction of sp³-hybridized carbons (Fsp3) is 0. The Balaban J connectivity index is 1.23. The summed E-state index contributed by atoms with van der Waals surface area (Å²) in [5.41, 5.74) is 7.40. The van der Waals surface area contributed by atoms with Crippen LogP contribution in [0.1, 0.15) is 0 Å². The zero-order valence-corrected chi connectivity index (χ0v) is 25.2. The van der Waals surface area contributed by atoms with Crippen molar-refractivity contribution >= 4 is 82.4 Å². The molecule has 0 aliphatic heterocycles. The van der Waals surface area contributed by atoms with Crippen molar-refractivity contribution in [3.8, 4) is 11.5 Å². The van der Waals surface area contributed by atoms with Crippen LogP contribution in [0.4, 0.5) is 17.1 Å². The van der Waals surface area contributed by atoms with Gasteiger partial charge >= 0.3 is 0 Å². The van der Waals surface area contributed by atoms with E-state index in [0.29, 0.717) is 5.89 Å². The summed E-state index contributed by atoms with van der Waals surface area (Å²) in [7, 11) is 0. The zero-order chi connectivity index (χ0) is 30.9. The zero-order valence-electron chi connectivity index (χ0n) is 25.2. The first-order valence-electron chi connectivity index (χ1n) is 15.8. The molecule has 0 bridgehead atoms. The van der Waals surface area contributed by atoms with Gasteiger partial charge in [0.05, 0.1) is 5.69 Å². The van der Waals surface area contributed by atoms with Gasteiger partial charge in [0.1, 0.15) is 11.1 Å². The van der Waals surface area contributed by atoms with Crippen LogP contribution in [-0.2, 0) is 0 Å². The first kappa shape index (κ1) is 25.9. The van der Waals surface area contributed by atoms with E-state index in [1.54, 1.807) is 0 Å². The van der Waals surface area contributed by atoms with Crippen LogP contribution in [0.15, 0.2) is 167 Å². The Bertz CT molecular complexity index is 2810. The van der Waals surface area contributed by atoms with Crippen molar-refractivity contribution in [2.45, 2.75) is 0 Å². The Morgan fingerprint density at radius 2 is 1.15 bits per heavy atom. The summed E-state index contributed by atoms with van der Waals surface area (Å²) in [5, 5.41) is 8.87. The lowest BCUT2D eigenvalue weighted by atomic mass is 10.00. The van der Waals surface area contributed by atoms with E-state index in [9.17, 15) is 0 Å². The van der Waals surface area contributed by atoms with Crippen LogP contribution in [0.5, 0.6) is 0 Å². The van der Waals surface area contributed by atoms with Crippen LogP contribution < -0.4 is 4.90 Å². The molecule has 0 N–H and O–H groups in total. The number of nitrogens with zero attached hydrogens (tertiary/aromatic N) is 2. The van der Waals surface area contributed by atoms with Crippen LogP contribution in [0.3, 0.4) is 0 Å². The summed E-state index contributed by atoms with van der Waals surface area (Å²) in [4.78, 5) is 7.29. The first-order chi connectivity index (χ1) is 23.3. The number of para-hydroxylation sites is 3. The Morgan fingerprint density at radius 1 is 0.447 bits per heavy atom. The largest absolute Gasteiger partial charge is 0.454 e. The molecule has 220 valence electrons. The first-order valence-corrected chi connectivity index (χ1v) is 15.8. The maximum atomic E-state index is 6.70. The number of anilines is 3. The molecule has 0 amide bonds. The monoisotopic (exact) mass is 602 g/mol. The highest BCUT2D eigenvalue weighted by molar-refractivity contribution is 6.19.